The van der Waals surface area contributed by atoms with Gasteiger partial charge in [-0.25, -0.2) is 4.57 Å². The molecule has 0 aromatic carbocycles. The Kier molecular flexibility index (Phi) is 32.2. The van der Waals surface area contributed by atoms with E-state index < -0.39 is 26.5 Å². The van der Waals surface area contributed by atoms with Crippen LogP contribution in [0.1, 0.15) is 181 Å². The highest BCUT2D eigenvalue weighted by Crippen LogP contribution is 2.43. The van der Waals surface area contributed by atoms with Crippen molar-refractivity contribution < 1.29 is 37.6 Å². The standard InChI is InChI=1S/C35H70NO8P/c1-3-5-7-9-11-13-15-17-19-21-23-25-28-35(38)44-33(32-43-45(39,40)42-30-26-29-36)31-41-34(37)27-24-22-20-18-16-14-12-10-8-6-4-2/h33H,3-32,36H2,1-2H3,(H,39,40)/t33-/m0/s1. The zero-order chi connectivity index (χ0) is 33.3. The summed E-state index contributed by atoms with van der Waals surface area (Å²) in [6.45, 7) is 4.12. The molecule has 0 radical (unpaired) electrons. The Morgan fingerprint density at radius 1 is 0.578 bits per heavy atom. The first kappa shape index (κ1) is 44.0. The molecule has 0 rings (SSSR count). The first-order valence-electron chi connectivity index (χ1n) is 18.5. The topological polar surface area (TPSA) is 134 Å². The fraction of sp³-hybridized carbons (Fsp3) is 0.943. The summed E-state index contributed by atoms with van der Waals surface area (Å²) in [7, 11) is -4.35. The van der Waals surface area contributed by atoms with Gasteiger partial charge in [-0.15, -0.1) is 0 Å². The summed E-state index contributed by atoms with van der Waals surface area (Å²) in [5.41, 5.74) is 5.40. The number of nitrogens with two attached hydrogens (primary N) is 1. The number of ether oxygens (including phenoxy) is 2. The molecule has 0 heterocycles. The number of esters is 2. The van der Waals surface area contributed by atoms with Crippen LogP contribution >= 0.6 is 7.82 Å². The van der Waals surface area contributed by atoms with E-state index in [1.54, 1.807) is 0 Å². The zero-order valence-corrected chi connectivity index (χ0v) is 30.0. The molecule has 0 aliphatic rings. The Morgan fingerprint density at radius 2 is 0.978 bits per heavy atom. The van der Waals surface area contributed by atoms with Crippen molar-refractivity contribution in [1.82, 2.24) is 0 Å². The molecule has 0 amide bonds. The van der Waals surface area contributed by atoms with E-state index in [9.17, 15) is 19.0 Å². The molecule has 0 saturated heterocycles. The molecule has 0 spiro atoms. The van der Waals surface area contributed by atoms with Gasteiger partial charge in [0.2, 0.25) is 0 Å². The minimum atomic E-state index is -4.35. The Balaban J connectivity index is 4.29. The molecule has 1 unspecified atom stereocenters. The van der Waals surface area contributed by atoms with Crippen LogP contribution in [-0.2, 0) is 32.7 Å². The SMILES string of the molecule is CCCCCCCCCCCCCCC(=O)O[C@@H](COC(=O)CCCCCCCCCCCCC)COP(=O)(O)OCCCN. The molecule has 2 atom stereocenters. The first-order chi connectivity index (χ1) is 21.8. The summed E-state index contributed by atoms with van der Waals surface area (Å²) in [6.07, 6.45) is 27.4. The Morgan fingerprint density at radius 3 is 1.40 bits per heavy atom. The molecule has 0 aromatic rings. The van der Waals surface area contributed by atoms with Crippen LogP contribution < -0.4 is 5.73 Å². The normalized spacial score (nSPS) is 13.4. The molecule has 0 fully saturated rings. The van der Waals surface area contributed by atoms with Gasteiger partial charge in [0.1, 0.15) is 6.61 Å². The van der Waals surface area contributed by atoms with Crippen molar-refractivity contribution in [2.45, 2.75) is 187 Å². The largest absolute Gasteiger partial charge is 0.472 e. The summed E-state index contributed by atoms with van der Waals surface area (Å²) in [4.78, 5) is 34.7. The number of hydrogen-bond acceptors (Lipinski definition) is 8. The highest BCUT2D eigenvalue weighted by atomic mass is 31.2. The quantitative estimate of drug-likeness (QED) is 0.0386. The Hall–Kier alpha value is -0.990. The number of phosphoric acid groups is 1. The lowest BCUT2D eigenvalue weighted by Gasteiger charge is -2.20. The second-order valence-electron chi connectivity index (χ2n) is 12.5. The van der Waals surface area contributed by atoms with E-state index in [1.165, 1.54) is 109 Å². The third kappa shape index (κ3) is 32.7. The van der Waals surface area contributed by atoms with E-state index in [0.29, 0.717) is 19.4 Å². The average molecular weight is 664 g/mol. The molecule has 0 aliphatic carbocycles. The maximum Gasteiger partial charge on any atom is 0.472 e. The molecular weight excluding hydrogens is 593 g/mol. The van der Waals surface area contributed by atoms with Gasteiger partial charge in [0.15, 0.2) is 6.10 Å². The Labute approximate surface area is 276 Å². The third-order valence-corrected chi connectivity index (χ3v) is 8.96. The molecule has 0 aromatic heterocycles. The van der Waals surface area contributed by atoms with Gasteiger partial charge in [0.05, 0.1) is 13.2 Å². The van der Waals surface area contributed by atoms with E-state index >= 15 is 0 Å². The van der Waals surface area contributed by atoms with E-state index in [4.69, 9.17) is 24.3 Å². The molecular formula is C35H70NO8P. The molecule has 0 bridgehead atoms. The minimum Gasteiger partial charge on any atom is -0.462 e. The third-order valence-electron chi connectivity index (χ3n) is 7.97. The monoisotopic (exact) mass is 663 g/mol. The van der Waals surface area contributed by atoms with Gasteiger partial charge in [-0.1, -0.05) is 149 Å². The summed E-state index contributed by atoms with van der Waals surface area (Å²) in [5, 5.41) is 0. The van der Waals surface area contributed by atoms with E-state index in [1.807, 2.05) is 0 Å². The minimum absolute atomic E-state index is 0.0262. The first-order valence-corrected chi connectivity index (χ1v) is 20.0. The number of phosphoric ester groups is 1. The summed E-state index contributed by atoms with van der Waals surface area (Å²) in [6, 6.07) is 0. The van der Waals surface area contributed by atoms with Gasteiger partial charge in [-0.3, -0.25) is 18.6 Å². The van der Waals surface area contributed by atoms with E-state index in [-0.39, 0.29) is 32.0 Å². The van der Waals surface area contributed by atoms with Crippen molar-refractivity contribution in [3.8, 4) is 0 Å². The molecule has 0 saturated carbocycles. The molecule has 10 heteroatoms. The van der Waals surface area contributed by atoms with Gasteiger partial charge in [0.25, 0.3) is 0 Å². The second-order valence-corrected chi connectivity index (χ2v) is 13.9. The average Bonchev–Trinajstić information content (AvgIpc) is 3.01. The van der Waals surface area contributed by atoms with Crippen molar-refractivity contribution in [2.75, 3.05) is 26.4 Å². The molecule has 45 heavy (non-hydrogen) atoms. The predicted molar refractivity (Wildman–Crippen MR) is 183 cm³/mol. The van der Waals surface area contributed by atoms with Crippen molar-refractivity contribution in [3.05, 3.63) is 0 Å². The lowest BCUT2D eigenvalue weighted by Crippen LogP contribution is -2.29. The van der Waals surface area contributed by atoms with Crippen molar-refractivity contribution >= 4 is 19.8 Å². The molecule has 3 N–H and O–H groups in total. The second kappa shape index (κ2) is 32.9. The van der Waals surface area contributed by atoms with Crippen LogP contribution in [0.15, 0.2) is 0 Å². The van der Waals surface area contributed by atoms with Crippen LogP contribution in [0, 0.1) is 0 Å². The van der Waals surface area contributed by atoms with Crippen molar-refractivity contribution in [2.24, 2.45) is 5.73 Å². The van der Waals surface area contributed by atoms with Crippen LogP contribution in [0.2, 0.25) is 0 Å². The van der Waals surface area contributed by atoms with Crippen LogP contribution in [0.4, 0.5) is 0 Å². The zero-order valence-electron chi connectivity index (χ0n) is 29.1. The Bertz CT molecular complexity index is 724. The fourth-order valence-electron chi connectivity index (χ4n) is 5.14. The van der Waals surface area contributed by atoms with Crippen molar-refractivity contribution in [3.63, 3.8) is 0 Å². The van der Waals surface area contributed by atoms with Gasteiger partial charge < -0.3 is 20.1 Å². The number of unbranched alkanes of at least 4 members (excludes halogenated alkanes) is 21. The molecule has 0 aliphatic heterocycles. The van der Waals surface area contributed by atoms with Gasteiger partial charge in [0, 0.05) is 12.8 Å². The summed E-state index contributed by atoms with van der Waals surface area (Å²) < 4.78 is 32.9. The highest BCUT2D eigenvalue weighted by Gasteiger charge is 2.26. The maximum absolute atomic E-state index is 12.5. The van der Waals surface area contributed by atoms with Gasteiger partial charge in [-0.2, -0.15) is 0 Å². The smallest absolute Gasteiger partial charge is 0.462 e. The highest BCUT2D eigenvalue weighted by molar-refractivity contribution is 7.47. The predicted octanol–water partition coefficient (Wildman–Crippen LogP) is 9.72. The number of rotatable bonds is 35. The van der Waals surface area contributed by atoms with Gasteiger partial charge >= 0.3 is 19.8 Å². The van der Waals surface area contributed by atoms with Gasteiger partial charge in [-0.05, 0) is 25.8 Å². The molecule has 9 nitrogen and oxygen atoms in total. The summed E-state index contributed by atoms with van der Waals surface area (Å²) >= 11 is 0. The van der Waals surface area contributed by atoms with E-state index in [0.717, 1.165) is 32.1 Å². The maximum atomic E-state index is 12.5. The van der Waals surface area contributed by atoms with Crippen LogP contribution in [-0.4, -0.2) is 49.3 Å². The lowest BCUT2D eigenvalue weighted by atomic mass is 10.0. The van der Waals surface area contributed by atoms with Crippen LogP contribution in [0.5, 0.6) is 0 Å². The number of carbonyl (C=O) groups excluding carboxylic acids is 2. The van der Waals surface area contributed by atoms with E-state index in [2.05, 4.69) is 13.8 Å². The number of hydrogen-bond donors (Lipinski definition) is 2. The van der Waals surface area contributed by atoms with Crippen LogP contribution in [0.3, 0.4) is 0 Å². The number of carbonyl (C=O) groups is 2. The fourth-order valence-corrected chi connectivity index (χ4v) is 5.93. The van der Waals surface area contributed by atoms with Crippen LogP contribution in [0.25, 0.3) is 0 Å². The molecule has 268 valence electrons. The van der Waals surface area contributed by atoms with Crippen molar-refractivity contribution in [1.29, 1.82) is 0 Å². The summed E-state index contributed by atoms with van der Waals surface area (Å²) in [5.74, 6) is -0.812. The lowest BCUT2D eigenvalue weighted by molar-refractivity contribution is -0.161.